The van der Waals surface area contributed by atoms with Gasteiger partial charge in [0.2, 0.25) is 0 Å². The zero-order chi connectivity index (χ0) is 18.8. The van der Waals surface area contributed by atoms with E-state index >= 15 is 0 Å². The first-order valence-electron chi connectivity index (χ1n) is 8.63. The first kappa shape index (κ1) is 17.6. The average Bonchev–Trinajstić information content (AvgIpc) is 3.12. The van der Waals surface area contributed by atoms with E-state index in [0.29, 0.717) is 29.5 Å². The number of nitrogens with zero attached hydrogens (tertiary/aromatic N) is 3. The van der Waals surface area contributed by atoms with Crippen LogP contribution < -0.4 is 9.47 Å². The molecule has 1 amide bonds. The topological polar surface area (TPSA) is 77.7 Å². The molecule has 1 saturated heterocycles. The number of carbonyl (C=O) groups is 1. The van der Waals surface area contributed by atoms with E-state index < -0.39 is 0 Å². The summed E-state index contributed by atoms with van der Waals surface area (Å²) in [5, 5.41) is 1.28. The van der Waals surface area contributed by atoms with Gasteiger partial charge in [-0.15, -0.1) is 0 Å². The van der Waals surface area contributed by atoms with Gasteiger partial charge in [-0.3, -0.25) is 4.79 Å². The molecule has 27 heavy (non-hydrogen) atoms. The summed E-state index contributed by atoms with van der Waals surface area (Å²) in [6.07, 6.45) is 4.45. The number of carbonyl (C=O) groups excluding carboxylic acids is 1. The number of methoxy groups -OCH3 is 1. The Morgan fingerprint density at radius 1 is 1.30 bits per heavy atom. The molecule has 0 spiro atoms. The molecule has 1 aliphatic rings. The van der Waals surface area contributed by atoms with Gasteiger partial charge < -0.3 is 18.8 Å². The molecule has 0 bridgehead atoms. The van der Waals surface area contributed by atoms with Crippen molar-refractivity contribution in [2.75, 3.05) is 20.2 Å². The quantitative estimate of drug-likeness (QED) is 0.681. The Balaban J connectivity index is 1.47. The standard InChI is InChI=1S/C19H18ClN3O4/c1-25-14-4-5-16-12(7-14)8-17(27-16)18(24)23-6-2-3-15(11-23)26-19-21-9-13(20)10-22-19/h4-5,7-10,15H,2-3,6,11H2,1H3. The summed E-state index contributed by atoms with van der Waals surface area (Å²) < 4.78 is 16.7. The third-order valence-electron chi connectivity index (χ3n) is 4.47. The molecule has 4 rings (SSSR count). The summed E-state index contributed by atoms with van der Waals surface area (Å²) in [5.74, 6) is 0.869. The molecular weight excluding hydrogens is 370 g/mol. The molecule has 1 atom stereocenters. The van der Waals surface area contributed by atoms with Gasteiger partial charge in [0.25, 0.3) is 5.91 Å². The minimum Gasteiger partial charge on any atom is -0.497 e. The maximum atomic E-state index is 12.9. The smallest absolute Gasteiger partial charge is 0.316 e. The van der Waals surface area contributed by atoms with Crippen molar-refractivity contribution in [2.45, 2.75) is 18.9 Å². The van der Waals surface area contributed by atoms with Crippen LogP contribution >= 0.6 is 11.6 Å². The number of benzene rings is 1. The monoisotopic (exact) mass is 387 g/mol. The number of halogens is 1. The first-order valence-corrected chi connectivity index (χ1v) is 9.01. The molecule has 2 aromatic heterocycles. The van der Waals surface area contributed by atoms with Gasteiger partial charge in [0.05, 0.1) is 31.1 Å². The molecule has 1 fully saturated rings. The van der Waals surface area contributed by atoms with E-state index in [4.69, 9.17) is 25.5 Å². The summed E-state index contributed by atoms with van der Waals surface area (Å²) in [7, 11) is 1.60. The lowest BCUT2D eigenvalue weighted by Crippen LogP contribution is -2.44. The van der Waals surface area contributed by atoms with Crippen LogP contribution in [0.5, 0.6) is 11.8 Å². The number of hydrogen-bond donors (Lipinski definition) is 0. The Hall–Kier alpha value is -2.80. The number of furan rings is 1. The Kier molecular flexibility index (Phi) is 4.85. The highest BCUT2D eigenvalue weighted by molar-refractivity contribution is 6.30. The van der Waals surface area contributed by atoms with Crippen LogP contribution in [0.1, 0.15) is 23.4 Å². The van der Waals surface area contributed by atoms with Crippen LogP contribution in [0, 0.1) is 0 Å². The summed E-state index contributed by atoms with van der Waals surface area (Å²) in [6.45, 7) is 1.10. The molecule has 1 aliphatic heterocycles. The largest absolute Gasteiger partial charge is 0.497 e. The van der Waals surface area contributed by atoms with Crippen LogP contribution in [0.15, 0.2) is 41.1 Å². The van der Waals surface area contributed by atoms with Gasteiger partial charge in [0.15, 0.2) is 5.76 Å². The predicted molar refractivity (Wildman–Crippen MR) is 99.4 cm³/mol. The minimum absolute atomic E-state index is 0.157. The third kappa shape index (κ3) is 3.83. The van der Waals surface area contributed by atoms with E-state index in [1.165, 1.54) is 12.4 Å². The number of fused-ring (bicyclic) bond motifs is 1. The maximum Gasteiger partial charge on any atom is 0.316 e. The van der Waals surface area contributed by atoms with Crippen LogP contribution in [0.2, 0.25) is 5.02 Å². The van der Waals surface area contributed by atoms with Crippen molar-refractivity contribution < 1.29 is 18.7 Å². The molecule has 7 nitrogen and oxygen atoms in total. The highest BCUT2D eigenvalue weighted by Gasteiger charge is 2.28. The molecule has 1 aromatic carbocycles. The summed E-state index contributed by atoms with van der Waals surface area (Å²) in [6, 6.07) is 7.44. The maximum absolute atomic E-state index is 12.9. The Morgan fingerprint density at radius 2 is 2.11 bits per heavy atom. The molecule has 0 radical (unpaired) electrons. The van der Waals surface area contributed by atoms with Crippen molar-refractivity contribution >= 4 is 28.5 Å². The lowest BCUT2D eigenvalue weighted by Gasteiger charge is -2.31. The number of amides is 1. The van der Waals surface area contributed by atoms with Crippen LogP contribution in [0.25, 0.3) is 11.0 Å². The molecular formula is C19H18ClN3O4. The number of rotatable bonds is 4. The summed E-state index contributed by atoms with van der Waals surface area (Å²) >= 11 is 5.79. The van der Waals surface area contributed by atoms with E-state index in [2.05, 4.69) is 9.97 Å². The fourth-order valence-corrected chi connectivity index (χ4v) is 3.24. The van der Waals surface area contributed by atoms with E-state index in [9.17, 15) is 4.79 Å². The predicted octanol–water partition coefficient (Wildman–Crippen LogP) is 3.57. The van der Waals surface area contributed by atoms with Crippen LogP contribution in [-0.4, -0.2) is 47.1 Å². The molecule has 1 unspecified atom stereocenters. The van der Waals surface area contributed by atoms with Gasteiger partial charge in [-0.2, -0.15) is 0 Å². The van der Waals surface area contributed by atoms with Gasteiger partial charge in [-0.05, 0) is 37.1 Å². The van der Waals surface area contributed by atoms with Crippen LogP contribution in [-0.2, 0) is 0 Å². The van der Waals surface area contributed by atoms with Crippen molar-refractivity contribution in [1.29, 1.82) is 0 Å². The highest BCUT2D eigenvalue weighted by atomic mass is 35.5. The van der Waals surface area contributed by atoms with E-state index in [1.807, 2.05) is 6.07 Å². The number of hydrogen-bond acceptors (Lipinski definition) is 6. The zero-order valence-electron chi connectivity index (χ0n) is 14.7. The second-order valence-electron chi connectivity index (χ2n) is 6.33. The molecule has 140 valence electrons. The molecule has 3 heterocycles. The number of piperidine rings is 1. The van der Waals surface area contributed by atoms with Gasteiger partial charge in [0.1, 0.15) is 17.4 Å². The van der Waals surface area contributed by atoms with Crippen molar-refractivity contribution in [3.8, 4) is 11.8 Å². The molecule has 0 saturated carbocycles. The lowest BCUT2D eigenvalue weighted by molar-refractivity contribution is 0.0491. The normalized spacial score (nSPS) is 17.1. The molecule has 0 aliphatic carbocycles. The van der Waals surface area contributed by atoms with E-state index in [1.54, 1.807) is 30.2 Å². The lowest BCUT2D eigenvalue weighted by atomic mass is 10.1. The average molecular weight is 388 g/mol. The van der Waals surface area contributed by atoms with Gasteiger partial charge in [0, 0.05) is 11.9 Å². The summed E-state index contributed by atoms with van der Waals surface area (Å²) in [4.78, 5) is 22.7. The SMILES string of the molecule is COc1ccc2oc(C(=O)N3CCCC(Oc4ncc(Cl)cn4)C3)cc2c1. The number of likely N-dealkylation sites (tertiary alicyclic amines) is 1. The van der Waals surface area contributed by atoms with Crippen molar-refractivity contribution in [2.24, 2.45) is 0 Å². The number of ether oxygens (including phenoxy) is 2. The zero-order valence-corrected chi connectivity index (χ0v) is 15.5. The van der Waals surface area contributed by atoms with Crippen molar-refractivity contribution in [1.82, 2.24) is 14.9 Å². The Bertz CT molecular complexity index is 957. The van der Waals surface area contributed by atoms with E-state index in [-0.39, 0.29) is 18.0 Å². The van der Waals surface area contributed by atoms with Gasteiger partial charge >= 0.3 is 6.01 Å². The third-order valence-corrected chi connectivity index (χ3v) is 4.66. The van der Waals surface area contributed by atoms with Crippen LogP contribution in [0.4, 0.5) is 0 Å². The number of aromatic nitrogens is 2. The molecule has 3 aromatic rings. The second-order valence-corrected chi connectivity index (χ2v) is 6.77. The van der Waals surface area contributed by atoms with E-state index in [0.717, 1.165) is 24.0 Å². The van der Waals surface area contributed by atoms with Crippen molar-refractivity contribution in [3.05, 3.63) is 47.4 Å². The Labute approximate surface area is 160 Å². The fraction of sp³-hybridized carbons (Fsp3) is 0.316. The summed E-state index contributed by atoms with van der Waals surface area (Å²) in [5.41, 5.74) is 0.651. The van der Waals surface area contributed by atoms with Gasteiger partial charge in [-0.1, -0.05) is 11.6 Å². The first-order chi connectivity index (χ1) is 13.1. The fourth-order valence-electron chi connectivity index (χ4n) is 3.14. The second kappa shape index (κ2) is 7.44. The van der Waals surface area contributed by atoms with Crippen LogP contribution in [0.3, 0.4) is 0 Å². The minimum atomic E-state index is -0.173. The van der Waals surface area contributed by atoms with Crippen molar-refractivity contribution in [3.63, 3.8) is 0 Å². The Morgan fingerprint density at radius 3 is 2.89 bits per heavy atom. The van der Waals surface area contributed by atoms with Gasteiger partial charge in [-0.25, -0.2) is 9.97 Å². The highest BCUT2D eigenvalue weighted by Crippen LogP contribution is 2.26. The molecule has 0 N–H and O–H groups in total. The molecule has 8 heteroatoms.